The molecule has 2 heterocycles. The van der Waals surface area contributed by atoms with Crippen molar-refractivity contribution in [2.24, 2.45) is 0 Å². The lowest BCUT2D eigenvalue weighted by Gasteiger charge is -2.12. The van der Waals surface area contributed by atoms with Crippen molar-refractivity contribution < 1.29 is 4.79 Å². The van der Waals surface area contributed by atoms with Crippen LogP contribution in [0.2, 0.25) is 0 Å². The first-order valence-electron chi connectivity index (χ1n) is 9.10. The molecule has 1 fully saturated rings. The van der Waals surface area contributed by atoms with Crippen molar-refractivity contribution in [1.29, 1.82) is 0 Å². The van der Waals surface area contributed by atoms with Gasteiger partial charge in [-0.15, -0.1) is 0 Å². The van der Waals surface area contributed by atoms with Gasteiger partial charge in [-0.25, -0.2) is 4.68 Å². The molecule has 3 aromatic rings. The SMILES string of the molecule is Cc1ccc(C(=O)NC2CC2)cc1-c1cnn(-c2cncc(N(C)C)c2)c1. The number of hydrogen-bond donors (Lipinski definition) is 1. The fraction of sp³-hybridized carbons (Fsp3) is 0.286. The number of aromatic nitrogens is 3. The molecule has 0 radical (unpaired) electrons. The second kappa shape index (κ2) is 6.87. The van der Waals surface area contributed by atoms with Gasteiger partial charge in [0, 0.05) is 37.5 Å². The van der Waals surface area contributed by atoms with Crippen LogP contribution in [0, 0.1) is 6.92 Å². The molecule has 1 amide bonds. The summed E-state index contributed by atoms with van der Waals surface area (Å²) in [5.41, 5.74) is 5.70. The Balaban J connectivity index is 1.64. The van der Waals surface area contributed by atoms with Crippen LogP contribution in [0.1, 0.15) is 28.8 Å². The van der Waals surface area contributed by atoms with Gasteiger partial charge in [0.05, 0.1) is 30.0 Å². The van der Waals surface area contributed by atoms with Gasteiger partial charge in [0.25, 0.3) is 5.91 Å². The van der Waals surface area contributed by atoms with Gasteiger partial charge in [0.15, 0.2) is 0 Å². The van der Waals surface area contributed by atoms with Crippen LogP contribution in [0.3, 0.4) is 0 Å². The number of pyridine rings is 1. The summed E-state index contributed by atoms with van der Waals surface area (Å²) in [6, 6.07) is 8.20. The molecule has 4 rings (SSSR count). The van der Waals surface area contributed by atoms with E-state index in [0.29, 0.717) is 11.6 Å². The van der Waals surface area contributed by atoms with E-state index in [-0.39, 0.29) is 5.91 Å². The Morgan fingerprint density at radius 2 is 2.00 bits per heavy atom. The van der Waals surface area contributed by atoms with Crippen molar-refractivity contribution in [1.82, 2.24) is 20.1 Å². The molecule has 2 aromatic heterocycles. The minimum absolute atomic E-state index is 0.00553. The maximum Gasteiger partial charge on any atom is 0.251 e. The zero-order valence-corrected chi connectivity index (χ0v) is 15.8. The van der Waals surface area contributed by atoms with Crippen molar-refractivity contribution in [3.05, 3.63) is 60.2 Å². The third-order valence-electron chi connectivity index (χ3n) is 4.80. The fourth-order valence-electron chi connectivity index (χ4n) is 2.96. The lowest BCUT2D eigenvalue weighted by atomic mass is 10.0. The Labute approximate surface area is 158 Å². The van der Waals surface area contributed by atoms with E-state index in [4.69, 9.17) is 0 Å². The van der Waals surface area contributed by atoms with E-state index in [0.717, 1.165) is 40.9 Å². The number of carbonyl (C=O) groups is 1. The number of carbonyl (C=O) groups excluding carboxylic acids is 1. The van der Waals surface area contributed by atoms with Crippen molar-refractivity contribution in [3.63, 3.8) is 0 Å². The number of benzene rings is 1. The van der Waals surface area contributed by atoms with Crippen molar-refractivity contribution in [3.8, 4) is 16.8 Å². The zero-order valence-electron chi connectivity index (χ0n) is 15.8. The highest BCUT2D eigenvalue weighted by molar-refractivity contribution is 5.96. The zero-order chi connectivity index (χ0) is 19.0. The third kappa shape index (κ3) is 3.69. The molecule has 138 valence electrons. The van der Waals surface area contributed by atoms with E-state index in [2.05, 4.69) is 15.4 Å². The van der Waals surface area contributed by atoms with Gasteiger partial charge in [0.2, 0.25) is 0 Å². The van der Waals surface area contributed by atoms with Crippen molar-refractivity contribution in [2.75, 3.05) is 19.0 Å². The van der Waals surface area contributed by atoms with Gasteiger partial charge in [0.1, 0.15) is 0 Å². The van der Waals surface area contributed by atoms with Gasteiger partial charge >= 0.3 is 0 Å². The van der Waals surface area contributed by atoms with Crippen LogP contribution in [-0.2, 0) is 0 Å². The fourth-order valence-corrected chi connectivity index (χ4v) is 2.96. The smallest absolute Gasteiger partial charge is 0.251 e. The number of anilines is 1. The highest BCUT2D eigenvalue weighted by atomic mass is 16.1. The number of nitrogens with one attached hydrogen (secondary N) is 1. The molecule has 0 unspecified atom stereocenters. The molecule has 0 aliphatic heterocycles. The minimum atomic E-state index is -0.00553. The first kappa shape index (κ1) is 17.3. The lowest BCUT2D eigenvalue weighted by Crippen LogP contribution is -2.25. The average molecular weight is 361 g/mol. The molecule has 1 N–H and O–H groups in total. The van der Waals surface area contributed by atoms with Crippen LogP contribution >= 0.6 is 0 Å². The van der Waals surface area contributed by atoms with Crippen LogP contribution in [0.4, 0.5) is 5.69 Å². The van der Waals surface area contributed by atoms with Crippen molar-refractivity contribution in [2.45, 2.75) is 25.8 Å². The molecular formula is C21H23N5O. The molecular weight excluding hydrogens is 338 g/mol. The van der Waals surface area contributed by atoms with Crippen LogP contribution in [0.5, 0.6) is 0 Å². The van der Waals surface area contributed by atoms with Gasteiger partial charge < -0.3 is 10.2 Å². The predicted octanol–water partition coefficient (Wildman–Crippen LogP) is 3.20. The highest BCUT2D eigenvalue weighted by Gasteiger charge is 2.24. The number of rotatable bonds is 5. The lowest BCUT2D eigenvalue weighted by molar-refractivity contribution is 0.0951. The molecule has 1 aliphatic carbocycles. The van der Waals surface area contributed by atoms with E-state index in [1.807, 2.05) is 73.5 Å². The normalized spacial score (nSPS) is 13.4. The maximum atomic E-state index is 12.4. The second-order valence-electron chi connectivity index (χ2n) is 7.25. The first-order valence-corrected chi connectivity index (χ1v) is 9.10. The number of hydrogen-bond acceptors (Lipinski definition) is 4. The summed E-state index contributed by atoms with van der Waals surface area (Å²) >= 11 is 0. The number of aryl methyl sites for hydroxylation is 1. The molecule has 6 heteroatoms. The van der Waals surface area contributed by atoms with E-state index < -0.39 is 0 Å². The van der Waals surface area contributed by atoms with Crippen LogP contribution in [-0.4, -0.2) is 40.8 Å². The highest BCUT2D eigenvalue weighted by Crippen LogP contribution is 2.26. The summed E-state index contributed by atoms with van der Waals surface area (Å²) in [5.74, 6) is -0.00553. The molecule has 0 bridgehead atoms. The molecule has 1 aliphatic rings. The predicted molar refractivity (Wildman–Crippen MR) is 106 cm³/mol. The summed E-state index contributed by atoms with van der Waals surface area (Å²) in [6.45, 7) is 2.05. The topological polar surface area (TPSA) is 63.1 Å². The van der Waals surface area contributed by atoms with Gasteiger partial charge in [-0.1, -0.05) is 6.07 Å². The first-order chi connectivity index (χ1) is 13.0. The third-order valence-corrected chi connectivity index (χ3v) is 4.80. The summed E-state index contributed by atoms with van der Waals surface area (Å²) in [7, 11) is 3.97. The quantitative estimate of drug-likeness (QED) is 0.758. The van der Waals surface area contributed by atoms with Crippen LogP contribution in [0.25, 0.3) is 16.8 Å². The van der Waals surface area contributed by atoms with E-state index in [1.165, 1.54) is 0 Å². The van der Waals surface area contributed by atoms with E-state index in [1.54, 1.807) is 6.20 Å². The maximum absolute atomic E-state index is 12.4. The Morgan fingerprint density at radius 3 is 2.74 bits per heavy atom. The average Bonchev–Trinajstić information content (AvgIpc) is 3.34. The Morgan fingerprint density at radius 1 is 1.19 bits per heavy atom. The molecule has 1 saturated carbocycles. The molecule has 0 saturated heterocycles. The van der Waals surface area contributed by atoms with E-state index in [9.17, 15) is 4.79 Å². The number of amides is 1. The summed E-state index contributed by atoms with van der Waals surface area (Å²) in [4.78, 5) is 18.7. The summed E-state index contributed by atoms with van der Waals surface area (Å²) < 4.78 is 1.81. The standard InChI is InChI=1S/C21H23N5O/c1-14-4-5-15(21(27)24-17-6-7-17)8-20(14)16-10-23-26(13-16)19-9-18(25(2)3)11-22-12-19/h4-5,8-13,17H,6-7H2,1-3H3,(H,24,27). The van der Waals surface area contributed by atoms with Gasteiger partial charge in [-0.05, 0) is 49.1 Å². The van der Waals surface area contributed by atoms with Gasteiger partial charge in [-0.3, -0.25) is 9.78 Å². The molecule has 1 aromatic carbocycles. The second-order valence-corrected chi connectivity index (χ2v) is 7.25. The van der Waals surface area contributed by atoms with Gasteiger partial charge in [-0.2, -0.15) is 5.10 Å². The monoisotopic (exact) mass is 361 g/mol. The van der Waals surface area contributed by atoms with Crippen LogP contribution in [0.15, 0.2) is 49.1 Å². The Hall–Kier alpha value is -3.15. The van der Waals surface area contributed by atoms with Crippen molar-refractivity contribution >= 4 is 11.6 Å². The number of nitrogens with zero attached hydrogens (tertiary/aromatic N) is 4. The summed E-state index contributed by atoms with van der Waals surface area (Å²) in [6.07, 6.45) is 9.57. The van der Waals surface area contributed by atoms with Crippen LogP contribution < -0.4 is 10.2 Å². The molecule has 6 nitrogen and oxygen atoms in total. The molecule has 0 atom stereocenters. The summed E-state index contributed by atoms with van der Waals surface area (Å²) in [5, 5.41) is 7.54. The largest absolute Gasteiger partial charge is 0.376 e. The Bertz CT molecular complexity index is 988. The van der Waals surface area contributed by atoms with E-state index >= 15 is 0 Å². The minimum Gasteiger partial charge on any atom is -0.376 e. The molecule has 27 heavy (non-hydrogen) atoms. The molecule has 0 spiro atoms. The Kier molecular flexibility index (Phi) is 4.39.